The van der Waals surface area contributed by atoms with Gasteiger partial charge in [-0.3, -0.25) is 0 Å². The van der Waals surface area contributed by atoms with E-state index < -0.39 is 0 Å². The normalized spacial score (nSPS) is 23.2. The fraction of sp³-hybridized carbons (Fsp3) is 0.714. The Kier molecular flexibility index (Phi) is 2.57. The van der Waals surface area contributed by atoms with Gasteiger partial charge in [0.1, 0.15) is 5.76 Å². The van der Waals surface area contributed by atoms with Crippen LogP contribution in [0.2, 0.25) is 0 Å². The van der Waals surface area contributed by atoms with Crippen LogP contribution >= 0.6 is 12.4 Å². The second-order valence-corrected chi connectivity index (χ2v) is 2.55. The highest BCUT2D eigenvalue weighted by Crippen LogP contribution is 2.23. The Morgan fingerprint density at radius 2 is 2.20 bits per heavy atom. The van der Waals surface area contributed by atoms with Gasteiger partial charge in [-0.15, -0.1) is 12.4 Å². The first kappa shape index (κ1) is 7.89. The van der Waals surface area contributed by atoms with Crippen molar-refractivity contribution in [3.8, 4) is 0 Å². The molecule has 0 aromatic carbocycles. The summed E-state index contributed by atoms with van der Waals surface area (Å²) in [7, 11) is 0. The summed E-state index contributed by atoms with van der Waals surface area (Å²) in [4.78, 5) is 0. The summed E-state index contributed by atoms with van der Waals surface area (Å²) in [6.07, 6.45) is 2.38. The molecule has 2 heterocycles. The number of ether oxygens (including phenoxy) is 1. The van der Waals surface area contributed by atoms with Crippen LogP contribution in [-0.2, 0) is 4.74 Å². The van der Waals surface area contributed by atoms with Crippen molar-refractivity contribution in [2.24, 2.45) is 0 Å². The first-order valence-electron chi connectivity index (χ1n) is 3.51. The lowest BCUT2D eigenvalue weighted by Gasteiger charge is -2.12. The van der Waals surface area contributed by atoms with Crippen molar-refractivity contribution >= 4 is 12.4 Å². The highest BCUT2D eigenvalue weighted by atomic mass is 35.5. The summed E-state index contributed by atoms with van der Waals surface area (Å²) in [5, 5.41) is 3.27. The van der Waals surface area contributed by atoms with Gasteiger partial charge in [0.15, 0.2) is 0 Å². The molecule has 2 aliphatic heterocycles. The van der Waals surface area contributed by atoms with Crippen LogP contribution in [-0.4, -0.2) is 19.7 Å². The molecule has 0 aromatic rings. The molecule has 0 aliphatic carbocycles. The molecule has 0 fully saturated rings. The topological polar surface area (TPSA) is 21.3 Å². The molecule has 0 radical (unpaired) electrons. The Morgan fingerprint density at radius 1 is 1.30 bits per heavy atom. The van der Waals surface area contributed by atoms with Crippen molar-refractivity contribution in [3.05, 3.63) is 11.3 Å². The van der Waals surface area contributed by atoms with Crippen LogP contribution in [0.25, 0.3) is 0 Å². The number of hydrogen-bond acceptors (Lipinski definition) is 2. The van der Waals surface area contributed by atoms with E-state index in [1.54, 1.807) is 5.57 Å². The van der Waals surface area contributed by atoms with Crippen LogP contribution in [0, 0.1) is 0 Å². The monoisotopic (exact) mass is 161 g/mol. The van der Waals surface area contributed by atoms with Gasteiger partial charge in [-0.2, -0.15) is 0 Å². The molecule has 2 rings (SSSR count). The zero-order chi connectivity index (χ0) is 6.10. The Hall–Kier alpha value is -0.210. The molecule has 10 heavy (non-hydrogen) atoms. The van der Waals surface area contributed by atoms with Crippen LogP contribution in [0.1, 0.15) is 12.8 Å². The molecule has 1 N–H and O–H groups in total. The molecule has 0 aromatic heterocycles. The summed E-state index contributed by atoms with van der Waals surface area (Å²) in [6.45, 7) is 3.03. The van der Waals surface area contributed by atoms with E-state index in [9.17, 15) is 0 Å². The average Bonchev–Trinajstić information content (AvgIpc) is 2.33. The van der Waals surface area contributed by atoms with E-state index >= 15 is 0 Å². The minimum Gasteiger partial charge on any atom is -0.496 e. The quantitative estimate of drug-likeness (QED) is 0.574. The van der Waals surface area contributed by atoms with Gasteiger partial charge in [0.05, 0.1) is 13.2 Å². The van der Waals surface area contributed by atoms with Crippen molar-refractivity contribution in [3.63, 3.8) is 0 Å². The molecule has 58 valence electrons. The third-order valence-corrected chi connectivity index (χ3v) is 1.96. The molecular formula is C7H12ClNO. The van der Waals surface area contributed by atoms with Crippen LogP contribution in [0.15, 0.2) is 11.3 Å². The predicted molar refractivity (Wildman–Crippen MR) is 42.3 cm³/mol. The van der Waals surface area contributed by atoms with E-state index in [0.717, 1.165) is 19.7 Å². The van der Waals surface area contributed by atoms with Gasteiger partial charge in [-0.25, -0.2) is 0 Å². The van der Waals surface area contributed by atoms with Gasteiger partial charge >= 0.3 is 0 Å². The first-order valence-corrected chi connectivity index (χ1v) is 3.51. The molecule has 0 amide bonds. The maximum absolute atomic E-state index is 5.37. The van der Waals surface area contributed by atoms with Gasteiger partial charge in [-0.05, 0) is 18.5 Å². The molecule has 0 saturated carbocycles. The molecule has 0 atom stereocenters. The Morgan fingerprint density at radius 3 is 3.00 bits per heavy atom. The summed E-state index contributed by atoms with van der Waals surface area (Å²) in [5.74, 6) is 1.22. The lowest BCUT2D eigenvalue weighted by Crippen LogP contribution is -2.23. The third-order valence-electron chi connectivity index (χ3n) is 1.96. The van der Waals surface area contributed by atoms with E-state index in [1.807, 2.05) is 0 Å². The fourth-order valence-electron chi connectivity index (χ4n) is 1.42. The molecule has 3 heteroatoms. The summed E-state index contributed by atoms with van der Waals surface area (Å²) in [5.41, 5.74) is 1.55. The Bertz CT molecular complexity index is 140. The molecule has 0 spiro atoms. The van der Waals surface area contributed by atoms with Gasteiger partial charge in [0.25, 0.3) is 0 Å². The molecular weight excluding hydrogens is 150 g/mol. The molecule has 0 saturated heterocycles. The van der Waals surface area contributed by atoms with Crippen LogP contribution in [0.3, 0.4) is 0 Å². The van der Waals surface area contributed by atoms with Crippen LogP contribution in [0.4, 0.5) is 0 Å². The second-order valence-electron chi connectivity index (χ2n) is 2.55. The van der Waals surface area contributed by atoms with Crippen LogP contribution in [0.5, 0.6) is 0 Å². The highest BCUT2D eigenvalue weighted by Gasteiger charge is 2.17. The van der Waals surface area contributed by atoms with Crippen molar-refractivity contribution in [1.82, 2.24) is 5.32 Å². The molecule has 0 unspecified atom stereocenters. The standard InChI is InChI=1S/C7H11NO.ClH/c1-3-8-5-7-6(1)2-4-9-7;/h8H,1-5H2;1H. The number of hydrogen-bond donors (Lipinski definition) is 1. The maximum atomic E-state index is 5.37. The first-order chi connectivity index (χ1) is 4.47. The molecule has 2 nitrogen and oxygen atoms in total. The van der Waals surface area contributed by atoms with Gasteiger partial charge in [-0.1, -0.05) is 0 Å². The lowest BCUT2D eigenvalue weighted by molar-refractivity contribution is 0.235. The average molecular weight is 162 g/mol. The third kappa shape index (κ3) is 1.27. The van der Waals surface area contributed by atoms with Crippen molar-refractivity contribution < 1.29 is 4.74 Å². The van der Waals surface area contributed by atoms with Crippen molar-refractivity contribution in [2.45, 2.75) is 12.8 Å². The number of nitrogens with one attached hydrogen (secondary N) is 1. The maximum Gasteiger partial charge on any atom is 0.109 e. The van der Waals surface area contributed by atoms with Crippen molar-refractivity contribution in [2.75, 3.05) is 19.7 Å². The lowest BCUT2D eigenvalue weighted by atomic mass is 10.1. The smallest absolute Gasteiger partial charge is 0.109 e. The zero-order valence-electron chi connectivity index (χ0n) is 5.85. The summed E-state index contributed by atoms with van der Waals surface area (Å²) in [6, 6.07) is 0. The zero-order valence-corrected chi connectivity index (χ0v) is 6.67. The predicted octanol–water partition coefficient (Wildman–Crippen LogP) is 1.08. The van der Waals surface area contributed by atoms with Gasteiger partial charge in [0.2, 0.25) is 0 Å². The second kappa shape index (κ2) is 3.26. The van der Waals surface area contributed by atoms with E-state index in [2.05, 4.69) is 5.32 Å². The SMILES string of the molecule is C1CC2=C(CN1)OCC2.Cl. The van der Waals surface area contributed by atoms with Crippen molar-refractivity contribution in [1.29, 1.82) is 0 Å². The largest absolute Gasteiger partial charge is 0.496 e. The summed E-state index contributed by atoms with van der Waals surface area (Å²) < 4.78 is 5.37. The van der Waals surface area contributed by atoms with Gasteiger partial charge < -0.3 is 10.1 Å². The number of rotatable bonds is 0. The van der Waals surface area contributed by atoms with E-state index in [-0.39, 0.29) is 12.4 Å². The summed E-state index contributed by atoms with van der Waals surface area (Å²) >= 11 is 0. The minimum absolute atomic E-state index is 0. The van der Waals surface area contributed by atoms with Gasteiger partial charge in [0, 0.05) is 6.42 Å². The molecule has 2 aliphatic rings. The minimum atomic E-state index is 0. The molecule has 0 bridgehead atoms. The van der Waals surface area contributed by atoms with E-state index in [4.69, 9.17) is 4.74 Å². The highest BCUT2D eigenvalue weighted by molar-refractivity contribution is 5.85. The van der Waals surface area contributed by atoms with E-state index in [1.165, 1.54) is 18.6 Å². The van der Waals surface area contributed by atoms with E-state index in [0.29, 0.717) is 0 Å². The fourth-order valence-corrected chi connectivity index (χ4v) is 1.42. The van der Waals surface area contributed by atoms with Crippen LogP contribution < -0.4 is 5.32 Å². The Labute approximate surface area is 67.0 Å². The Balaban J connectivity index is 0.000000500. The number of halogens is 1.